The van der Waals surface area contributed by atoms with Gasteiger partial charge in [0.2, 0.25) is 0 Å². The van der Waals surface area contributed by atoms with Gasteiger partial charge in [-0.1, -0.05) is 41.9 Å². The van der Waals surface area contributed by atoms with Crippen LogP contribution in [0, 0.1) is 0 Å². The Labute approximate surface area is 134 Å². The number of carbonyl (C=O) groups is 1. The monoisotopic (exact) mass is 320 g/mol. The predicted octanol–water partition coefficient (Wildman–Crippen LogP) is 3.81. The molecule has 2 aromatic carbocycles. The van der Waals surface area contributed by atoms with Crippen LogP contribution in [0.2, 0.25) is 5.02 Å². The van der Waals surface area contributed by atoms with E-state index in [9.17, 15) is 9.90 Å². The summed E-state index contributed by atoms with van der Waals surface area (Å²) in [6.45, 7) is 2.39. The van der Waals surface area contributed by atoms with E-state index in [1.54, 1.807) is 24.3 Å². The molecule has 1 N–H and O–H groups in total. The Morgan fingerprint density at radius 2 is 1.77 bits per heavy atom. The van der Waals surface area contributed by atoms with Gasteiger partial charge in [0.25, 0.3) is 0 Å². The van der Waals surface area contributed by atoms with Crippen molar-refractivity contribution in [3.8, 4) is 11.5 Å². The third kappa shape index (κ3) is 4.15. The molecule has 0 aliphatic carbocycles. The lowest BCUT2D eigenvalue weighted by Gasteiger charge is -2.17. The van der Waals surface area contributed by atoms with Gasteiger partial charge in [-0.3, -0.25) is 0 Å². The molecule has 0 fully saturated rings. The highest BCUT2D eigenvalue weighted by Gasteiger charge is 2.22. The Hall–Kier alpha value is -2.20. The van der Waals surface area contributed by atoms with Crippen LogP contribution in [-0.4, -0.2) is 23.8 Å². The molecule has 0 amide bonds. The van der Waals surface area contributed by atoms with Crippen LogP contribution in [0.4, 0.5) is 0 Å². The second-order valence-corrected chi connectivity index (χ2v) is 5.03. The molecule has 0 saturated heterocycles. The largest absolute Gasteiger partial charge is 0.494 e. The maximum absolute atomic E-state index is 11.5. The highest BCUT2D eigenvalue weighted by atomic mass is 35.5. The quantitative estimate of drug-likeness (QED) is 0.842. The molecule has 0 aliphatic heterocycles. The molecule has 22 heavy (non-hydrogen) atoms. The molecule has 2 rings (SSSR count). The number of rotatable bonds is 7. The summed E-state index contributed by atoms with van der Waals surface area (Å²) >= 11 is 6.01. The average Bonchev–Trinajstić information content (AvgIpc) is 2.50. The summed E-state index contributed by atoms with van der Waals surface area (Å²) in [6, 6.07) is 14.1. The van der Waals surface area contributed by atoms with E-state index in [4.69, 9.17) is 21.1 Å². The van der Waals surface area contributed by atoms with E-state index in [0.29, 0.717) is 23.1 Å². The summed E-state index contributed by atoms with van der Waals surface area (Å²) in [5.41, 5.74) is 0.781. The Kier molecular flexibility index (Phi) is 5.67. The lowest BCUT2D eigenvalue weighted by Crippen LogP contribution is -2.29. The summed E-state index contributed by atoms with van der Waals surface area (Å²) in [7, 11) is 0. The van der Waals surface area contributed by atoms with Crippen molar-refractivity contribution in [1.29, 1.82) is 0 Å². The first-order chi connectivity index (χ1) is 10.6. The SMILES string of the molecule is CCOc1ccccc1C[C@H](Oc1ccccc1Cl)C(=O)O. The summed E-state index contributed by atoms with van der Waals surface area (Å²) in [6.07, 6.45) is -0.849. The van der Waals surface area contributed by atoms with Gasteiger partial charge in [0, 0.05) is 6.42 Å². The van der Waals surface area contributed by atoms with Crippen molar-refractivity contribution in [2.24, 2.45) is 0 Å². The Balaban J connectivity index is 2.20. The topological polar surface area (TPSA) is 55.8 Å². The number of carboxylic acid groups (broad SMARTS) is 1. The molecule has 0 bridgehead atoms. The third-order valence-corrected chi connectivity index (χ3v) is 3.37. The molecule has 0 saturated carbocycles. The fourth-order valence-corrected chi connectivity index (χ4v) is 2.22. The van der Waals surface area contributed by atoms with Gasteiger partial charge in [0.05, 0.1) is 11.6 Å². The number of ether oxygens (including phenoxy) is 2. The van der Waals surface area contributed by atoms with Gasteiger partial charge >= 0.3 is 5.97 Å². The molecular formula is C17H17ClO4. The standard InChI is InChI=1S/C17H17ClO4/c1-2-21-14-9-5-3-7-12(14)11-16(17(19)20)22-15-10-6-4-8-13(15)18/h3-10,16H,2,11H2,1H3,(H,19,20)/t16-/m0/s1. The molecule has 1 atom stereocenters. The number of para-hydroxylation sites is 2. The van der Waals surface area contributed by atoms with Gasteiger partial charge in [-0.15, -0.1) is 0 Å². The van der Waals surface area contributed by atoms with E-state index in [2.05, 4.69) is 0 Å². The van der Waals surface area contributed by atoms with E-state index in [-0.39, 0.29) is 6.42 Å². The first kappa shape index (κ1) is 16.2. The predicted molar refractivity (Wildman–Crippen MR) is 84.8 cm³/mol. The van der Waals surface area contributed by atoms with Crippen LogP contribution in [0.15, 0.2) is 48.5 Å². The van der Waals surface area contributed by atoms with Crippen LogP contribution in [0.5, 0.6) is 11.5 Å². The van der Waals surface area contributed by atoms with Gasteiger partial charge in [-0.2, -0.15) is 0 Å². The summed E-state index contributed by atoms with van der Waals surface area (Å²) in [5.74, 6) is -0.0318. The van der Waals surface area contributed by atoms with Gasteiger partial charge in [0.15, 0.2) is 6.10 Å². The van der Waals surface area contributed by atoms with Crippen molar-refractivity contribution in [1.82, 2.24) is 0 Å². The number of halogens is 1. The van der Waals surface area contributed by atoms with Crippen LogP contribution in [0.25, 0.3) is 0 Å². The zero-order valence-corrected chi connectivity index (χ0v) is 12.9. The maximum Gasteiger partial charge on any atom is 0.345 e. The van der Waals surface area contributed by atoms with Gasteiger partial charge < -0.3 is 14.6 Å². The summed E-state index contributed by atoms with van der Waals surface area (Å²) < 4.78 is 11.1. The van der Waals surface area contributed by atoms with Crippen LogP contribution < -0.4 is 9.47 Å². The van der Waals surface area contributed by atoms with Crippen molar-refractivity contribution in [3.63, 3.8) is 0 Å². The van der Waals surface area contributed by atoms with E-state index in [1.807, 2.05) is 31.2 Å². The molecule has 5 heteroatoms. The minimum atomic E-state index is -1.05. The highest BCUT2D eigenvalue weighted by molar-refractivity contribution is 6.32. The maximum atomic E-state index is 11.5. The second-order valence-electron chi connectivity index (χ2n) is 4.62. The van der Waals surface area contributed by atoms with E-state index >= 15 is 0 Å². The third-order valence-electron chi connectivity index (χ3n) is 3.06. The first-order valence-electron chi connectivity index (χ1n) is 6.96. The zero-order valence-electron chi connectivity index (χ0n) is 12.2. The summed E-state index contributed by atoms with van der Waals surface area (Å²) in [5, 5.41) is 9.78. The molecule has 116 valence electrons. The Morgan fingerprint density at radius 1 is 1.14 bits per heavy atom. The number of hydrogen-bond donors (Lipinski definition) is 1. The van der Waals surface area contributed by atoms with Gasteiger partial charge in [0.1, 0.15) is 11.5 Å². The molecule has 2 aromatic rings. The Morgan fingerprint density at radius 3 is 2.41 bits per heavy atom. The van der Waals surface area contributed by atoms with Crippen molar-refractivity contribution in [2.75, 3.05) is 6.61 Å². The minimum Gasteiger partial charge on any atom is -0.494 e. The van der Waals surface area contributed by atoms with Crippen molar-refractivity contribution in [2.45, 2.75) is 19.4 Å². The fraction of sp³-hybridized carbons (Fsp3) is 0.235. The molecule has 0 radical (unpaired) electrons. The molecular weight excluding hydrogens is 304 g/mol. The highest BCUT2D eigenvalue weighted by Crippen LogP contribution is 2.26. The van der Waals surface area contributed by atoms with E-state index in [0.717, 1.165) is 5.56 Å². The van der Waals surface area contributed by atoms with Crippen molar-refractivity contribution < 1.29 is 19.4 Å². The van der Waals surface area contributed by atoms with Crippen molar-refractivity contribution in [3.05, 3.63) is 59.1 Å². The molecule has 0 aromatic heterocycles. The number of benzene rings is 2. The summed E-state index contributed by atoms with van der Waals surface area (Å²) in [4.78, 5) is 11.5. The van der Waals surface area contributed by atoms with Gasteiger partial charge in [-0.05, 0) is 30.7 Å². The molecule has 0 spiro atoms. The van der Waals surface area contributed by atoms with Crippen LogP contribution in [-0.2, 0) is 11.2 Å². The fourth-order valence-electron chi connectivity index (χ4n) is 2.04. The average molecular weight is 321 g/mol. The first-order valence-corrected chi connectivity index (χ1v) is 7.34. The molecule has 0 unspecified atom stereocenters. The Bertz CT molecular complexity index is 642. The van der Waals surface area contributed by atoms with Gasteiger partial charge in [-0.25, -0.2) is 4.79 Å². The molecule has 0 aliphatic rings. The van der Waals surface area contributed by atoms with Crippen LogP contribution in [0.3, 0.4) is 0 Å². The van der Waals surface area contributed by atoms with Crippen molar-refractivity contribution >= 4 is 17.6 Å². The molecule has 0 heterocycles. The minimum absolute atomic E-state index is 0.191. The van der Waals surface area contributed by atoms with E-state index in [1.165, 1.54) is 0 Å². The van der Waals surface area contributed by atoms with Crippen LogP contribution >= 0.6 is 11.6 Å². The normalized spacial score (nSPS) is 11.7. The lowest BCUT2D eigenvalue weighted by atomic mass is 10.1. The number of carboxylic acids is 1. The second kappa shape index (κ2) is 7.71. The zero-order chi connectivity index (χ0) is 15.9. The smallest absolute Gasteiger partial charge is 0.345 e. The number of aliphatic carboxylic acids is 1. The molecule has 4 nitrogen and oxygen atoms in total. The van der Waals surface area contributed by atoms with Crippen LogP contribution in [0.1, 0.15) is 12.5 Å². The lowest BCUT2D eigenvalue weighted by molar-refractivity contribution is -0.145. The number of hydrogen-bond acceptors (Lipinski definition) is 3. The van der Waals surface area contributed by atoms with E-state index < -0.39 is 12.1 Å².